The second-order valence-electron chi connectivity index (χ2n) is 5.61. The maximum atomic E-state index is 12.3. The summed E-state index contributed by atoms with van der Waals surface area (Å²) in [6.07, 6.45) is 3.20. The summed E-state index contributed by atoms with van der Waals surface area (Å²) in [5, 5.41) is 2.84. The molecule has 0 atom stereocenters. The lowest BCUT2D eigenvalue weighted by Gasteiger charge is -2.11. The Morgan fingerprint density at radius 1 is 1.04 bits per heavy atom. The van der Waals surface area contributed by atoms with E-state index in [9.17, 15) is 9.59 Å². The zero-order valence-electron chi connectivity index (χ0n) is 15.7. The molecule has 0 radical (unpaired) electrons. The van der Waals surface area contributed by atoms with E-state index in [0.29, 0.717) is 23.8 Å². The van der Waals surface area contributed by atoms with Gasteiger partial charge in [-0.25, -0.2) is 4.79 Å². The molecule has 0 aromatic heterocycles. The van der Waals surface area contributed by atoms with Crippen LogP contribution in [0.1, 0.15) is 18.1 Å². The Balaban J connectivity index is 1.97. The molecule has 142 valence electrons. The van der Waals surface area contributed by atoms with Gasteiger partial charge in [0, 0.05) is 23.4 Å². The molecule has 1 N–H and O–H groups in total. The first kappa shape index (κ1) is 20.0. The first-order valence-electron chi connectivity index (χ1n) is 8.51. The fourth-order valence-electron chi connectivity index (χ4n) is 2.41. The Hall–Kier alpha value is -3.28. The highest BCUT2D eigenvalue weighted by Crippen LogP contribution is 2.25. The third kappa shape index (κ3) is 6.18. The zero-order chi connectivity index (χ0) is 19.6. The molecule has 0 heterocycles. The van der Waals surface area contributed by atoms with Gasteiger partial charge in [-0.2, -0.15) is 0 Å². The molecule has 27 heavy (non-hydrogen) atoms. The highest BCUT2D eigenvalue weighted by Gasteiger charge is 2.10. The first-order valence-corrected chi connectivity index (χ1v) is 8.51. The van der Waals surface area contributed by atoms with Crippen molar-refractivity contribution in [3.63, 3.8) is 0 Å². The van der Waals surface area contributed by atoms with Crippen LogP contribution in [-0.4, -0.2) is 32.7 Å². The summed E-state index contributed by atoms with van der Waals surface area (Å²) in [5.41, 5.74) is 2.27. The molecular formula is C21H23NO5. The first-order chi connectivity index (χ1) is 13.0. The number of carbonyl (C=O) groups excluding carboxylic acids is 2. The minimum atomic E-state index is -0.386. The molecule has 0 saturated heterocycles. The van der Waals surface area contributed by atoms with Gasteiger partial charge in [0.05, 0.1) is 27.2 Å². The van der Waals surface area contributed by atoms with E-state index in [1.165, 1.54) is 6.08 Å². The van der Waals surface area contributed by atoms with Crippen LogP contribution in [0.2, 0.25) is 0 Å². The number of hydrogen-bond donors (Lipinski definition) is 1. The van der Waals surface area contributed by atoms with Gasteiger partial charge in [0.1, 0.15) is 11.5 Å². The summed E-state index contributed by atoms with van der Waals surface area (Å²) in [4.78, 5) is 23.6. The summed E-state index contributed by atoms with van der Waals surface area (Å²) in [6, 6.07) is 12.5. The van der Waals surface area contributed by atoms with E-state index in [-0.39, 0.29) is 18.3 Å². The Bertz CT molecular complexity index is 812. The van der Waals surface area contributed by atoms with Crippen molar-refractivity contribution in [3.05, 3.63) is 59.7 Å². The lowest BCUT2D eigenvalue weighted by atomic mass is 10.1. The van der Waals surface area contributed by atoms with E-state index in [0.717, 1.165) is 11.1 Å². The lowest BCUT2D eigenvalue weighted by Crippen LogP contribution is -2.14. The van der Waals surface area contributed by atoms with Gasteiger partial charge in [-0.1, -0.05) is 18.2 Å². The third-order valence-corrected chi connectivity index (χ3v) is 3.74. The van der Waals surface area contributed by atoms with Crippen LogP contribution in [0.3, 0.4) is 0 Å². The predicted molar refractivity (Wildman–Crippen MR) is 104 cm³/mol. The van der Waals surface area contributed by atoms with Crippen LogP contribution in [0.4, 0.5) is 5.69 Å². The van der Waals surface area contributed by atoms with E-state index >= 15 is 0 Å². The highest BCUT2D eigenvalue weighted by molar-refractivity contribution is 5.93. The van der Waals surface area contributed by atoms with Crippen molar-refractivity contribution in [1.82, 2.24) is 0 Å². The minimum Gasteiger partial charge on any atom is -0.497 e. The van der Waals surface area contributed by atoms with E-state index in [1.54, 1.807) is 69.7 Å². The number of hydrogen-bond acceptors (Lipinski definition) is 5. The molecule has 0 aliphatic heterocycles. The number of esters is 1. The third-order valence-electron chi connectivity index (χ3n) is 3.74. The van der Waals surface area contributed by atoms with Crippen LogP contribution in [0, 0.1) is 0 Å². The quantitative estimate of drug-likeness (QED) is 0.570. The van der Waals surface area contributed by atoms with Gasteiger partial charge in [-0.3, -0.25) is 4.79 Å². The van der Waals surface area contributed by atoms with E-state index < -0.39 is 0 Å². The van der Waals surface area contributed by atoms with Crippen LogP contribution in [0.5, 0.6) is 11.5 Å². The van der Waals surface area contributed by atoms with Gasteiger partial charge >= 0.3 is 5.97 Å². The summed E-state index contributed by atoms with van der Waals surface area (Å²) < 4.78 is 15.3. The molecule has 0 aliphatic carbocycles. The van der Waals surface area contributed by atoms with E-state index in [2.05, 4.69) is 5.32 Å². The van der Waals surface area contributed by atoms with Crippen molar-refractivity contribution in [2.24, 2.45) is 0 Å². The number of benzene rings is 2. The molecule has 0 bridgehead atoms. The second kappa shape index (κ2) is 10.0. The van der Waals surface area contributed by atoms with Gasteiger partial charge in [0.25, 0.3) is 0 Å². The maximum absolute atomic E-state index is 12.3. The molecule has 0 spiro atoms. The van der Waals surface area contributed by atoms with Crippen molar-refractivity contribution in [2.75, 3.05) is 26.1 Å². The average Bonchev–Trinajstić information content (AvgIpc) is 2.68. The van der Waals surface area contributed by atoms with Crippen LogP contribution in [0.25, 0.3) is 6.08 Å². The van der Waals surface area contributed by atoms with E-state index in [1.807, 2.05) is 0 Å². The number of anilines is 1. The molecule has 2 aromatic rings. The van der Waals surface area contributed by atoms with Gasteiger partial charge < -0.3 is 19.5 Å². The summed E-state index contributed by atoms with van der Waals surface area (Å²) in [6.45, 7) is 2.10. The Morgan fingerprint density at radius 2 is 1.78 bits per heavy atom. The molecule has 1 amide bonds. The minimum absolute atomic E-state index is 0.159. The molecular weight excluding hydrogens is 346 g/mol. The molecule has 2 aromatic carbocycles. The number of ether oxygens (including phenoxy) is 3. The molecule has 6 heteroatoms. The molecule has 2 rings (SSSR count). The van der Waals surface area contributed by atoms with Crippen LogP contribution in [-0.2, 0) is 20.7 Å². The fraction of sp³-hybridized carbons (Fsp3) is 0.238. The van der Waals surface area contributed by atoms with Gasteiger partial charge in [0.2, 0.25) is 5.91 Å². The zero-order valence-corrected chi connectivity index (χ0v) is 15.7. The highest BCUT2D eigenvalue weighted by atomic mass is 16.5. The second-order valence-corrected chi connectivity index (χ2v) is 5.61. The molecule has 0 saturated carbocycles. The molecule has 6 nitrogen and oxygen atoms in total. The summed E-state index contributed by atoms with van der Waals surface area (Å²) >= 11 is 0. The standard InChI is InChI=1S/C21H23NO5/c1-4-27-21(24)12-7-15-5-9-17(10-6-15)22-20(23)13-16-8-11-18(25-2)14-19(16)26-3/h5-12,14H,4,13H2,1-3H3,(H,22,23)/b12-7-. The molecule has 0 aliphatic rings. The number of methoxy groups -OCH3 is 2. The number of rotatable bonds is 8. The topological polar surface area (TPSA) is 73.9 Å². The number of nitrogens with one attached hydrogen (secondary N) is 1. The van der Waals surface area contributed by atoms with Crippen molar-refractivity contribution in [1.29, 1.82) is 0 Å². The van der Waals surface area contributed by atoms with Crippen molar-refractivity contribution < 1.29 is 23.8 Å². The van der Waals surface area contributed by atoms with E-state index in [4.69, 9.17) is 14.2 Å². The molecule has 0 unspecified atom stereocenters. The van der Waals surface area contributed by atoms with Crippen molar-refractivity contribution in [3.8, 4) is 11.5 Å². The summed E-state index contributed by atoms with van der Waals surface area (Å²) in [7, 11) is 3.13. The SMILES string of the molecule is CCOC(=O)/C=C\c1ccc(NC(=O)Cc2ccc(OC)cc2OC)cc1. The van der Waals surface area contributed by atoms with Gasteiger partial charge in [0.15, 0.2) is 0 Å². The lowest BCUT2D eigenvalue weighted by molar-refractivity contribution is -0.137. The van der Waals surface area contributed by atoms with Gasteiger partial charge in [-0.15, -0.1) is 0 Å². The normalized spacial score (nSPS) is 10.5. The number of carbonyl (C=O) groups is 2. The predicted octanol–water partition coefficient (Wildman–Crippen LogP) is 3.46. The smallest absolute Gasteiger partial charge is 0.330 e. The average molecular weight is 369 g/mol. The van der Waals surface area contributed by atoms with Crippen LogP contribution >= 0.6 is 0 Å². The van der Waals surface area contributed by atoms with Crippen LogP contribution in [0.15, 0.2) is 48.5 Å². The van der Waals surface area contributed by atoms with Crippen LogP contribution < -0.4 is 14.8 Å². The van der Waals surface area contributed by atoms with Crippen molar-refractivity contribution in [2.45, 2.75) is 13.3 Å². The fourth-order valence-corrected chi connectivity index (χ4v) is 2.41. The summed E-state index contributed by atoms with van der Waals surface area (Å²) in [5.74, 6) is 0.725. The van der Waals surface area contributed by atoms with Gasteiger partial charge in [-0.05, 0) is 36.8 Å². The largest absolute Gasteiger partial charge is 0.497 e. The number of amides is 1. The Kier molecular flexibility index (Phi) is 7.43. The monoisotopic (exact) mass is 369 g/mol. The maximum Gasteiger partial charge on any atom is 0.330 e. The molecule has 0 fully saturated rings. The van der Waals surface area contributed by atoms with Crippen molar-refractivity contribution >= 4 is 23.6 Å². The Labute approximate surface area is 158 Å². The Morgan fingerprint density at radius 3 is 2.41 bits per heavy atom.